The van der Waals surface area contributed by atoms with Crippen molar-refractivity contribution in [1.82, 2.24) is 0 Å². The van der Waals surface area contributed by atoms with Gasteiger partial charge in [-0.15, -0.1) is 0 Å². The molecule has 0 aromatic rings. The molecule has 9 heteroatoms. The van der Waals surface area contributed by atoms with Gasteiger partial charge in [-0.05, 0) is 15.9 Å². The predicted molar refractivity (Wildman–Crippen MR) is 69.9 cm³/mol. The van der Waals surface area contributed by atoms with Crippen LogP contribution >= 0.6 is 15.9 Å². The normalized spacial score (nSPS) is 31.7. The molecule has 1 aliphatic heterocycles. The average Bonchev–Trinajstić information content (AvgIpc) is 2.36. The van der Waals surface area contributed by atoms with Crippen molar-refractivity contribution in [2.24, 2.45) is 0 Å². The number of halogens is 1. The van der Waals surface area contributed by atoms with Gasteiger partial charge in [-0.25, -0.2) is 0 Å². The van der Waals surface area contributed by atoms with Crippen molar-refractivity contribution >= 4 is 33.8 Å². The van der Waals surface area contributed by atoms with Crippen LogP contribution in [0.15, 0.2) is 0 Å². The lowest BCUT2D eigenvalue weighted by molar-refractivity contribution is -0.222. The highest BCUT2D eigenvalue weighted by Gasteiger charge is 2.55. The highest BCUT2D eigenvalue weighted by atomic mass is 79.9. The van der Waals surface area contributed by atoms with E-state index in [1.54, 1.807) is 6.07 Å². The quantitative estimate of drug-likeness (QED) is 0.403. The topological polar surface area (TPSA) is 112 Å². The van der Waals surface area contributed by atoms with Gasteiger partial charge < -0.3 is 18.9 Å². The number of esters is 3. The Morgan fingerprint density at radius 1 is 1.14 bits per heavy atom. The molecule has 4 atom stereocenters. The molecule has 21 heavy (non-hydrogen) atoms. The van der Waals surface area contributed by atoms with Crippen molar-refractivity contribution < 1.29 is 33.3 Å². The van der Waals surface area contributed by atoms with Crippen LogP contribution in [0.1, 0.15) is 20.8 Å². The number of ether oxygens (including phenoxy) is 4. The molecule has 0 bridgehead atoms. The van der Waals surface area contributed by atoms with Crippen molar-refractivity contribution in [2.45, 2.75) is 43.6 Å². The van der Waals surface area contributed by atoms with Crippen molar-refractivity contribution in [3.05, 3.63) is 0 Å². The summed E-state index contributed by atoms with van der Waals surface area (Å²) in [6.07, 6.45) is -3.44. The molecule has 1 rings (SSSR count). The van der Waals surface area contributed by atoms with Crippen LogP contribution in [0.2, 0.25) is 0 Å². The Labute approximate surface area is 129 Å². The third-order valence-corrected chi connectivity index (χ3v) is 3.41. The lowest BCUT2D eigenvalue weighted by atomic mass is 9.99. The van der Waals surface area contributed by atoms with Crippen LogP contribution in [0.5, 0.6) is 0 Å². The predicted octanol–water partition coefficient (Wildman–Crippen LogP) is 0.426. The molecule has 0 aliphatic carbocycles. The Morgan fingerprint density at radius 2 is 1.67 bits per heavy atom. The third kappa shape index (κ3) is 4.41. The molecule has 0 spiro atoms. The maximum Gasteiger partial charge on any atom is 0.303 e. The number of alkyl halides is 1. The molecule has 0 N–H and O–H groups in total. The molecule has 0 radical (unpaired) electrons. The number of nitriles is 1. The second kappa shape index (κ2) is 6.87. The molecule has 116 valence electrons. The Balaban J connectivity index is 3.13. The Kier molecular flexibility index (Phi) is 5.69. The highest BCUT2D eigenvalue weighted by Crippen LogP contribution is 2.36. The number of nitrogens with zero attached hydrogens (tertiary/aromatic N) is 1. The van der Waals surface area contributed by atoms with Crippen molar-refractivity contribution in [2.75, 3.05) is 6.61 Å². The molecule has 0 unspecified atom stereocenters. The first-order valence-electron chi connectivity index (χ1n) is 5.95. The summed E-state index contributed by atoms with van der Waals surface area (Å²) in [4.78, 5) is 33.6. The van der Waals surface area contributed by atoms with Crippen LogP contribution in [-0.4, -0.2) is 47.3 Å². The van der Waals surface area contributed by atoms with Crippen molar-refractivity contribution in [3.8, 4) is 6.07 Å². The second-order valence-electron chi connectivity index (χ2n) is 4.32. The van der Waals surface area contributed by atoms with Gasteiger partial charge in [-0.2, -0.15) is 5.26 Å². The molecular weight excluding hydrogens is 350 g/mol. The van der Waals surface area contributed by atoms with Crippen LogP contribution in [0, 0.1) is 11.3 Å². The first kappa shape index (κ1) is 17.4. The van der Waals surface area contributed by atoms with Gasteiger partial charge in [0.05, 0.1) is 6.61 Å². The van der Waals surface area contributed by atoms with Crippen LogP contribution in [-0.2, 0) is 33.3 Å². The maximum atomic E-state index is 11.2. The number of carbonyl (C=O) groups is 3. The number of hydrogen-bond acceptors (Lipinski definition) is 8. The van der Waals surface area contributed by atoms with Crippen LogP contribution in [0.4, 0.5) is 0 Å². The summed E-state index contributed by atoms with van der Waals surface area (Å²) in [6.45, 7) is 3.25. The van der Waals surface area contributed by atoms with Crippen LogP contribution in [0.3, 0.4) is 0 Å². The average molecular weight is 364 g/mol. The van der Waals surface area contributed by atoms with Gasteiger partial charge in [-0.1, -0.05) is 0 Å². The minimum atomic E-state index is -1.70. The van der Waals surface area contributed by atoms with Crippen molar-refractivity contribution in [3.63, 3.8) is 0 Å². The van der Waals surface area contributed by atoms with Gasteiger partial charge in [0, 0.05) is 20.8 Å². The van der Waals surface area contributed by atoms with E-state index in [4.69, 9.17) is 18.9 Å². The maximum absolute atomic E-state index is 11.2. The summed E-state index contributed by atoms with van der Waals surface area (Å²) in [7, 11) is 0. The van der Waals surface area contributed by atoms with Crippen LogP contribution < -0.4 is 0 Å². The Morgan fingerprint density at radius 3 is 2.10 bits per heavy atom. The third-order valence-electron chi connectivity index (χ3n) is 2.55. The van der Waals surface area contributed by atoms with E-state index in [2.05, 4.69) is 15.9 Å². The second-order valence-corrected chi connectivity index (χ2v) is 5.50. The standard InChI is InChI=1S/C12H14BrNO7/c1-6(15)19-9-4-18-12(13,5-14)11(21-8(3)17)10(9)20-7(2)16/h9-11H,4H2,1-3H3/t9-,10+,11-,12+/m1/s1. The van der Waals surface area contributed by atoms with E-state index >= 15 is 0 Å². The van der Waals surface area contributed by atoms with E-state index in [-0.39, 0.29) is 6.61 Å². The smallest absolute Gasteiger partial charge is 0.303 e. The van der Waals surface area contributed by atoms with E-state index in [0.717, 1.165) is 13.8 Å². The molecule has 1 fully saturated rings. The van der Waals surface area contributed by atoms with Crippen molar-refractivity contribution in [1.29, 1.82) is 5.26 Å². The molecule has 0 aromatic heterocycles. The lowest BCUT2D eigenvalue weighted by Crippen LogP contribution is -2.61. The van der Waals surface area contributed by atoms with Gasteiger partial charge in [0.25, 0.3) is 4.51 Å². The van der Waals surface area contributed by atoms with Gasteiger partial charge in [-0.3, -0.25) is 14.4 Å². The molecule has 8 nitrogen and oxygen atoms in total. The Hall–Kier alpha value is -1.66. The first-order valence-corrected chi connectivity index (χ1v) is 6.74. The summed E-state index contributed by atoms with van der Waals surface area (Å²) < 4.78 is 18.6. The SMILES string of the molecule is CC(=O)O[C@@H]1[C@@H](OC(C)=O)[C@](Br)(C#N)OC[C@H]1OC(C)=O. The number of carbonyl (C=O) groups excluding carboxylic acids is 3. The number of rotatable bonds is 3. The minimum Gasteiger partial charge on any atom is -0.456 e. The molecule has 0 saturated carbocycles. The summed E-state index contributed by atoms with van der Waals surface area (Å²) in [5.74, 6) is -2.01. The summed E-state index contributed by atoms with van der Waals surface area (Å²) >= 11 is 3.02. The molecule has 0 amide bonds. The fourth-order valence-corrected chi connectivity index (χ4v) is 2.33. The van der Waals surface area contributed by atoms with Gasteiger partial charge >= 0.3 is 17.9 Å². The monoisotopic (exact) mass is 363 g/mol. The Bertz CT molecular complexity index is 488. The van der Waals surface area contributed by atoms with Gasteiger partial charge in [0.15, 0.2) is 18.3 Å². The fourth-order valence-electron chi connectivity index (χ4n) is 1.85. The zero-order valence-electron chi connectivity index (χ0n) is 11.6. The lowest BCUT2D eigenvalue weighted by Gasteiger charge is -2.41. The minimum absolute atomic E-state index is 0.200. The first-order chi connectivity index (χ1) is 9.69. The van der Waals surface area contributed by atoms with Gasteiger partial charge in [0.2, 0.25) is 0 Å². The molecular formula is C12H14BrNO7. The zero-order valence-corrected chi connectivity index (χ0v) is 13.2. The molecule has 1 heterocycles. The highest BCUT2D eigenvalue weighted by molar-refractivity contribution is 9.10. The molecule has 1 aliphatic rings. The molecule has 0 aromatic carbocycles. The largest absolute Gasteiger partial charge is 0.456 e. The number of hydrogen-bond donors (Lipinski definition) is 0. The fraction of sp³-hybridized carbons (Fsp3) is 0.667. The summed E-state index contributed by atoms with van der Waals surface area (Å²) in [6, 6.07) is 1.80. The summed E-state index contributed by atoms with van der Waals surface area (Å²) in [5, 5.41) is 9.19. The zero-order chi connectivity index (χ0) is 16.2. The molecule has 1 saturated heterocycles. The van der Waals surface area contributed by atoms with E-state index in [9.17, 15) is 19.6 Å². The van der Waals surface area contributed by atoms with E-state index in [1.165, 1.54) is 6.92 Å². The van der Waals surface area contributed by atoms with Gasteiger partial charge in [0.1, 0.15) is 6.07 Å². The summed E-state index contributed by atoms with van der Waals surface area (Å²) in [5.41, 5.74) is 0. The van der Waals surface area contributed by atoms with E-state index < -0.39 is 40.7 Å². The van der Waals surface area contributed by atoms with Crippen LogP contribution in [0.25, 0.3) is 0 Å². The van der Waals surface area contributed by atoms with E-state index in [1.807, 2.05) is 0 Å². The van der Waals surface area contributed by atoms with E-state index in [0.29, 0.717) is 0 Å².